The third-order valence-electron chi connectivity index (χ3n) is 4.23. The van der Waals surface area contributed by atoms with Gasteiger partial charge in [0.2, 0.25) is 0 Å². The molecular weight excluding hydrogens is 374 g/mol. The van der Waals surface area contributed by atoms with Gasteiger partial charge >= 0.3 is 0 Å². The first-order valence-corrected chi connectivity index (χ1v) is 9.74. The van der Waals surface area contributed by atoms with Gasteiger partial charge in [0.25, 0.3) is 5.91 Å². The second-order valence-corrected chi connectivity index (χ2v) is 8.05. The van der Waals surface area contributed by atoms with E-state index in [0.717, 1.165) is 16.8 Å². The molecule has 1 N–H and O–H groups in total. The first-order valence-electron chi connectivity index (χ1n) is 8.52. The summed E-state index contributed by atoms with van der Waals surface area (Å²) in [6.45, 7) is 2.72. The standard InChI is InChI=1S/C21H17N3OS2/c1-14-7-9-16(10-8-14)19-17(11-18-20(25)22-21(26)27-18)13-24(23-19)12-15-5-3-2-4-6-15/h2-11,13H,12H2,1H3,(H,22,25,26)/b18-11-. The van der Waals surface area contributed by atoms with Crippen LogP contribution in [-0.4, -0.2) is 20.0 Å². The van der Waals surface area contributed by atoms with Crippen LogP contribution in [0.3, 0.4) is 0 Å². The number of aromatic nitrogens is 2. The van der Waals surface area contributed by atoms with Crippen LogP contribution in [0.5, 0.6) is 0 Å². The van der Waals surface area contributed by atoms with Crippen molar-refractivity contribution in [2.24, 2.45) is 0 Å². The van der Waals surface area contributed by atoms with Crippen molar-refractivity contribution in [3.8, 4) is 11.3 Å². The number of hydrogen-bond acceptors (Lipinski definition) is 4. The zero-order valence-electron chi connectivity index (χ0n) is 14.7. The molecule has 1 aromatic heterocycles. The number of thiocarbonyl (C=S) groups is 1. The van der Waals surface area contributed by atoms with E-state index in [1.165, 1.54) is 22.9 Å². The molecule has 3 aromatic rings. The predicted octanol–water partition coefficient (Wildman–Crippen LogP) is 4.40. The fourth-order valence-electron chi connectivity index (χ4n) is 2.89. The molecule has 6 heteroatoms. The van der Waals surface area contributed by atoms with E-state index in [4.69, 9.17) is 17.3 Å². The quantitative estimate of drug-likeness (QED) is 0.529. The summed E-state index contributed by atoms with van der Waals surface area (Å²) in [7, 11) is 0. The minimum atomic E-state index is -0.157. The summed E-state index contributed by atoms with van der Waals surface area (Å²) >= 11 is 6.37. The Kier molecular flexibility index (Phi) is 4.92. The lowest BCUT2D eigenvalue weighted by Gasteiger charge is -2.02. The Balaban J connectivity index is 1.75. The van der Waals surface area contributed by atoms with Crippen molar-refractivity contribution in [3.63, 3.8) is 0 Å². The van der Waals surface area contributed by atoms with Crippen LogP contribution in [0, 0.1) is 6.92 Å². The molecule has 4 rings (SSSR count). The minimum Gasteiger partial charge on any atom is -0.307 e. The molecule has 1 aliphatic heterocycles. The third kappa shape index (κ3) is 4.02. The number of rotatable bonds is 4. The highest BCUT2D eigenvalue weighted by molar-refractivity contribution is 8.26. The number of benzene rings is 2. The van der Waals surface area contributed by atoms with Gasteiger partial charge in [-0.05, 0) is 18.6 Å². The van der Waals surface area contributed by atoms with Crippen molar-refractivity contribution < 1.29 is 4.79 Å². The van der Waals surface area contributed by atoms with Crippen molar-refractivity contribution in [2.75, 3.05) is 0 Å². The molecule has 0 unspecified atom stereocenters. The van der Waals surface area contributed by atoms with E-state index in [-0.39, 0.29) is 5.91 Å². The molecule has 2 heterocycles. The van der Waals surface area contributed by atoms with Crippen LogP contribution in [0.4, 0.5) is 0 Å². The summed E-state index contributed by atoms with van der Waals surface area (Å²) < 4.78 is 2.40. The molecule has 1 aliphatic rings. The second kappa shape index (κ2) is 7.50. The molecule has 0 bridgehead atoms. The van der Waals surface area contributed by atoms with Crippen LogP contribution < -0.4 is 5.32 Å². The molecule has 0 atom stereocenters. The van der Waals surface area contributed by atoms with Gasteiger partial charge in [-0.3, -0.25) is 9.48 Å². The highest BCUT2D eigenvalue weighted by Gasteiger charge is 2.23. The number of nitrogens with one attached hydrogen (secondary N) is 1. The summed E-state index contributed by atoms with van der Waals surface area (Å²) in [6.07, 6.45) is 3.84. The first-order chi connectivity index (χ1) is 13.1. The van der Waals surface area contributed by atoms with Crippen LogP contribution in [-0.2, 0) is 11.3 Å². The Bertz CT molecular complexity index is 1040. The predicted molar refractivity (Wildman–Crippen MR) is 114 cm³/mol. The number of thioether (sulfide) groups is 1. The van der Waals surface area contributed by atoms with Gasteiger partial charge in [0.1, 0.15) is 4.32 Å². The Morgan fingerprint density at radius 1 is 1.15 bits per heavy atom. The van der Waals surface area contributed by atoms with Gasteiger partial charge in [0.15, 0.2) is 0 Å². The Labute approximate surface area is 167 Å². The van der Waals surface area contributed by atoms with Gasteiger partial charge in [-0.1, -0.05) is 84.1 Å². The highest BCUT2D eigenvalue weighted by Crippen LogP contribution is 2.30. The lowest BCUT2D eigenvalue weighted by atomic mass is 10.1. The molecule has 2 aromatic carbocycles. The van der Waals surface area contributed by atoms with Crippen LogP contribution in [0.15, 0.2) is 65.7 Å². The number of nitrogens with zero attached hydrogens (tertiary/aromatic N) is 2. The zero-order valence-corrected chi connectivity index (χ0v) is 16.3. The fourth-order valence-corrected chi connectivity index (χ4v) is 3.93. The van der Waals surface area contributed by atoms with Gasteiger partial charge in [-0.15, -0.1) is 0 Å². The van der Waals surface area contributed by atoms with E-state index in [1.54, 1.807) is 0 Å². The normalized spacial score (nSPS) is 15.4. The zero-order chi connectivity index (χ0) is 18.8. The van der Waals surface area contributed by atoms with Gasteiger partial charge in [-0.25, -0.2) is 0 Å². The molecule has 0 spiro atoms. The van der Waals surface area contributed by atoms with Crippen molar-refractivity contribution in [1.29, 1.82) is 0 Å². The molecule has 1 saturated heterocycles. The fraction of sp³-hybridized carbons (Fsp3) is 0.0952. The van der Waals surface area contributed by atoms with Gasteiger partial charge in [0, 0.05) is 17.3 Å². The van der Waals surface area contributed by atoms with Gasteiger partial charge in [-0.2, -0.15) is 5.10 Å². The van der Waals surface area contributed by atoms with Crippen molar-refractivity contribution in [2.45, 2.75) is 13.5 Å². The molecule has 0 saturated carbocycles. The Hall–Kier alpha value is -2.70. The van der Waals surface area contributed by atoms with Gasteiger partial charge < -0.3 is 5.32 Å². The lowest BCUT2D eigenvalue weighted by Crippen LogP contribution is -2.17. The van der Waals surface area contributed by atoms with Crippen LogP contribution in [0.25, 0.3) is 17.3 Å². The number of hydrogen-bond donors (Lipinski definition) is 1. The largest absolute Gasteiger partial charge is 0.307 e. The number of aryl methyl sites for hydroxylation is 1. The number of carbonyl (C=O) groups excluding carboxylic acids is 1. The summed E-state index contributed by atoms with van der Waals surface area (Å²) in [5.41, 5.74) is 5.13. The van der Waals surface area contributed by atoms with Crippen molar-refractivity contribution in [1.82, 2.24) is 15.1 Å². The summed E-state index contributed by atoms with van der Waals surface area (Å²) in [6, 6.07) is 18.4. The number of amides is 1. The maximum absolute atomic E-state index is 12.1. The Morgan fingerprint density at radius 2 is 1.89 bits per heavy atom. The smallest absolute Gasteiger partial charge is 0.263 e. The van der Waals surface area contributed by atoms with E-state index in [9.17, 15) is 4.79 Å². The minimum absolute atomic E-state index is 0.157. The van der Waals surface area contributed by atoms with Crippen molar-refractivity contribution in [3.05, 3.63) is 82.4 Å². The molecule has 1 amide bonds. The third-order valence-corrected chi connectivity index (χ3v) is 5.39. The van der Waals surface area contributed by atoms with E-state index >= 15 is 0 Å². The molecule has 1 fully saturated rings. The van der Waals surface area contributed by atoms with Crippen LogP contribution in [0.1, 0.15) is 16.7 Å². The second-order valence-electron chi connectivity index (χ2n) is 6.33. The molecular formula is C21H17N3OS2. The summed E-state index contributed by atoms with van der Waals surface area (Å²) in [5, 5.41) is 7.45. The maximum atomic E-state index is 12.1. The monoisotopic (exact) mass is 391 g/mol. The molecule has 4 nitrogen and oxygen atoms in total. The molecule has 134 valence electrons. The average molecular weight is 392 g/mol. The molecule has 27 heavy (non-hydrogen) atoms. The topological polar surface area (TPSA) is 46.9 Å². The summed E-state index contributed by atoms with van der Waals surface area (Å²) in [5.74, 6) is -0.157. The molecule has 0 radical (unpaired) electrons. The SMILES string of the molecule is Cc1ccc(-c2nn(Cc3ccccc3)cc2/C=C2\SC(=S)NC2=O)cc1. The van der Waals surface area contributed by atoms with E-state index in [2.05, 4.69) is 48.6 Å². The van der Waals surface area contributed by atoms with E-state index < -0.39 is 0 Å². The summed E-state index contributed by atoms with van der Waals surface area (Å²) in [4.78, 5) is 12.7. The van der Waals surface area contributed by atoms with Gasteiger partial charge in [0.05, 0.1) is 17.1 Å². The van der Waals surface area contributed by atoms with E-state index in [1.807, 2.05) is 35.2 Å². The van der Waals surface area contributed by atoms with Crippen LogP contribution >= 0.6 is 24.0 Å². The lowest BCUT2D eigenvalue weighted by molar-refractivity contribution is -0.115. The first kappa shape index (κ1) is 17.7. The number of carbonyl (C=O) groups is 1. The average Bonchev–Trinajstić information content (AvgIpc) is 3.19. The molecule has 0 aliphatic carbocycles. The highest BCUT2D eigenvalue weighted by atomic mass is 32.2. The van der Waals surface area contributed by atoms with Crippen molar-refractivity contribution >= 4 is 40.3 Å². The Morgan fingerprint density at radius 3 is 2.56 bits per heavy atom. The maximum Gasteiger partial charge on any atom is 0.263 e. The van der Waals surface area contributed by atoms with Crippen LogP contribution in [0.2, 0.25) is 0 Å². The van der Waals surface area contributed by atoms with E-state index in [0.29, 0.717) is 15.8 Å².